The van der Waals surface area contributed by atoms with Gasteiger partial charge in [-0.05, 0) is 13.8 Å². The summed E-state index contributed by atoms with van der Waals surface area (Å²) in [5.74, 6) is -3.07. The molecular formula is C13H19IO7. The van der Waals surface area contributed by atoms with E-state index in [1.807, 2.05) is 0 Å². The van der Waals surface area contributed by atoms with Crippen molar-refractivity contribution in [1.82, 2.24) is 0 Å². The lowest BCUT2D eigenvalue weighted by atomic mass is 9.98. The Labute approximate surface area is 136 Å². The molecule has 0 saturated carbocycles. The standard InChI is InChI=1S/C13H19IO7/c1-7(15)19-10-9(14)5-17-13(11(10)20-8(2)16)6-18-12(3,4)21-13/h9-11H,5-6H2,1-4H3/t9-,10+,11+,13-/m0/s1. The van der Waals surface area contributed by atoms with Crippen LogP contribution in [0.3, 0.4) is 0 Å². The van der Waals surface area contributed by atoms with Gasteiger partial charge in [-0.2, -0.15) is 0 Å². The van der Waals surface area contributed by atoms with Crippen molar-refractivity contribution in [2.75, 3.05) is 13.2 Å². The highest BCUT2D eigenvalue weighted by molar-refractivity contribution is 14.1. The van der Waals surface area contributed by atoms with Gasteiger partial charge in [-0.1, -0.05) is 22.6 Å². The highest BCUT2D eigenvalue weighted by Gasteiger charge is 2.61. The number of esters is 2. The van der Waals surface area contributed by atoms with Crippen LogP contribution in [0.5, 0.6) is 0 Å². The summed E-state index contributed by atoms with van der Waals surface area (Å²) in [7, 11) is 0. The molecule has 2 fully saturated rings. The maximum absolute atomic E-state index is 11.4. The topological polar surface area (TPSA) is 80.3 Å². The van der Waals surface area contributed by atoms with Crippen molar-refractivity contribution in [2.24, 2.45) is 0 Å². The number of alkyl halides is 1. The summed E-state index contributed by atoms with van der Waals surface area (Å²) >= 11 is 2.10. The predicted molar refractivity (Wildman–Crippen MR) is 78.7 cm³/mol. The van der Waals surface area contributed by atoms with E-state index in [2.05, 4.69) is 22.6 Å². The molecule has 0 N–H and O–H groups in total. The van der Waals surface area contributed by atoms with E-state index >= 15 is 0 Å². The SMILES string of the molecule is CC(=O)O[C@H]1[C@@H](OC(C)=O)[C@@]2(COC(C)(C)O2)OC[C@@H]1I. The quantitative estimate of drug-likeness (QED) is 0.381. The predicted octanol–water partition coefficient (Wildman–Crippen LogP) is 1.16. The Morgan fingerprint density at radius 1 is 1.14 bits per heavy atom. The van der Waals surface area contributed by atoms with Crippen LogP contribution in [0.25, 0.3) is 0 Å². The van der Waals surface area contributed by atoms with Gasteiger partial charge >= 0.3 is 11.9 Å². The largest absolute Gasteiger partial charge is 0.457 e. The molecule has 0 aromatic heterocycles. The maximum Gasteiger partial charge on any atom is 0.303 e. The minimum atomic E-state index is -1.25. The first kappa shape index (κ1) is 16.9. The molecule has 8 heteroatoms. The first-order chi connectivity index (χ1) is 9.65. The first-order valence-corrected chi connectivity index (χ1v) is 7.86. The lowest BCUT2D eigenvalue weighted by Crippen LogP contribution is -2.63. The van der Waals surface area contributed by atoms with E-state index in [9.17, 15) is 9.59 Å². The highest BCUT2D eigenvalue weighted by Crippen LogP contribution is 2.42. The van der Waals surface area contributed by atoms with Crippen molar-refractivity contribution in [3.8, 4) is 0 Å². The minimum Gasteiger partial charge on any atom is -0.457 e. The van der Waals surface area contributed by atoms with Crippen LogP contribution in [0.15, 0.2) is 0 Å². The van der Waals surface area contributed by atoms with Crippen molar-refractivity contribution in [2.45, 2.75) is 55.4 Å². The molecule has 0 radical (unpaired) electrons. The third-order valence-corrected chi connectivity index (χ3v) is 4.28. The monoisotopic (exact) mass is 414 g/mol. The molecule has 2 heterocycles. The zero-order valence-corrected chi connectivity index (χ0v) is 14.5. The molecule has 2 aliphatic rings. The van der Waals surface area contributed by atoms with E-state index in [1.54, 1.807) is 13.8 Å². The molecule has 0 unspecified atom stereocenters. The van der Waals surface area contributed by atoms with Gasteiger partial charge in [0.25, 0.3) is 0 Å². The zero-order valence-electron chi connectivity index (χ0n) is 12.4. The van der Waals surface area contributed by atoms with Crippen molar-refractivity contribution in [3.05, 3.63) is 0 Å². The fraction of sp³-hybridized carbons (Fsp3) is 0.846. The second-order valence-electron chi connectivity index (χ2n) is 5.53. The van der Waals surface area contributed by atoms with Crippen LogP contribution in [-0.2, 0) is 33.3 Å². The van der Waals surface area contributed by atoms with Crippen molar-refractivity contribution >= 4 is 34.5 Å². The van der Waals surface area contributed by atoms with Crippen LogP contribution in [0.1, 0.15) is 27.7 Å². The molecule has 7 nitrogen and oxygen atoms in total. The van der Waals surface area contributed by atoms with Crippen LogP contribution >= 0.6 is 22.6 Å². The Kier molecular flexibility index (Phi) is 4.81. The molecule has 0 aromatic carbocycles. The van der Waals surface area contributed by atoms with Crippen LogP contribution in [-0.4, -0.2) is 52.9 Å². The first-order valence-electron chi connectivity index (χ1n) is 6.62. The molecule has 120 valence electrons. The Bertz CT molecular complexity index is 438. The molecular weight excluding hydrogens is 395 g/mol. The maximum atomic E-state index is 11.4. The second-order valence-corrected chi connectivity index (χ2v) is 7.13. The fourth-order valence-electron chi connectivity index (χ4n) is 2.46. The summed E-state index contributed by atoms with van der Waals surface area (Å²) in [4.78, 5) is 22.8. The summed E-state index contributed by atoms with van der Waals surface area (Å²) < 4.78 is 27.7. The van der Waals surface area contributed by atoms with Gasteiger partial charge in [0.05, 0.1) is 10.5 Å². The molecule has 2 saturated heterocycles. The average Bonchev–Trinajstić information content (AvgIpc) is 2.65. The fourth-order valence-corrected chi connectivity index (χ4v) is 3.16. The smallest absolute Gasteiger partial charge is 0.303 e. The lowest BCUT2D eigenvalue weighted by Gasteiger charge is -2.44. The van der Waals surface area contributed by atoms with Crippen LogP contribution < -0.4 is 0 Å². The van der Waals surface area contributed by atoms with Gasteiger partial charge in [0, 0.05) is 13.8 Å². The van der Waals surface area contributed by atoms with Gasteiger partial charge in [0.15, 0.2) is 18.0 Å². The Hall–Kier alpha value is -0.450. The summed E-state index contributed by atoms with van der Waals surface area (Å²) in [5, 5.41) is 0. The van der Waals surface area contributed by atoms with E-state index in [0.717, 1.165) is 0 Å². The Morgan fingerprint density at radius 3 is 2.24 bits per heavy atom. The highest BCUT2D eigenvalue weighted by atomic mass is 127. The van der Waals surface area contributed by atoms with Gasteiger partial charge in [-0.25, -0.2) is 0 Å². The van der Waals surface area contributed by atoms with Crippen LogP contribution in [0.2, 0.25) is 0 Å². The second kappa shape index (κ2) is 5.98. The van der Waals surface area contributed by atoms with Crippen molar-refractivity contribution < 1.29 is 33.3 Å². The minimum absolute atomic E-state index is 0.0963. The van der Waals surface area contributed by atoms with Crippen LogP contribution in [0, 0.1) is 0 Å². The number of ether oxygens (including phenoxy) is 5. The van der Waals surface area contributed by atoms with E-state index in [0.29, 0.717) is 6.61 Å². The molecule has 4 atom stereocenters. The molecule has 0 bridgehead atoms. The summed E-state index contributed by atoms with van der Waals surface area (Å²) in [6.45, 7) is 6.48. The van der Waals surface area contributed by atoms with Crippen molar-refractivity contribution in [3.63, 3.8) is 0 Å². The molecule has 0 aromatic rings. The molecule has 1 spiro atoms. The van der Waals surface area contributed by atoms with Gasteiger partial charge in [-0.15, -0.1) is 0 Å². The Morgan fingerprint density at radius 2 is 1.76 bits per heavy atom. The van der Waals surface area contributed by atoms with Gasteiger partial charge in [0.2, 0.25) is 5.79 Å². The van der Waals surface area contributed by atoms with E-state index < -0.39 is 35.7 Å². The molecule has 21 heavy (non-hydrogen) atoms. The van der Waals surface area contributed by atoms with Gasteiger partial charge in [0.1, 0.15) is 6.61 Å². The number of hydrogen-bond acceptors (Lipinski definition) is 7. The normalized spacial score (nSPS) is 38.2. The molecule has 0 amide bonds. The molecule has 2 aliphatic heterocycles. The molecule has 2 rings (SSSR count). The summed E-state index contributed by atoms with van der Waals surface area (Å²) in [6, 6.07) is 0. The van der Waals surface area contributed by atoms with Gasteiger partial charge < -0.3 is 23.7 Å². The van der Waals surface area contributed by atoms with Gasteiger partial charge in [-0.3, -0.25) is 9.59 Å². The third-order valence-electron chi connectivity index (χ3n) is 3.21. The number of rotatable bonds is 2. The molecule has 0 aliphatic carbocycles. The summed E-state index contributed by atoms with van der Waals surface area (Å²) in [6.07, 6.45) is -1.53. The van der Waals surface area contributed by atoms with E-state index in [-0.39, 0.29) is 10.5 Å². The number of carbonyl (C=O) groups excluding carboxylic acids is 2. The summed E-state index contributed by atoms with van der Waals surface area (Å²) in [5.41, 5.74) is 0. The van der Waals surface area contributed by atoms with Crippen LogP contribution in [0.4, 0.5) is 0 Å². The zero-order chi connectivity index (χ0) is 15.8. The number of carbonyl (C=O) groups is 2. The van der Waals surface area contributed by atoms with Crippen molar-refractivity contribution in [1.29, 1.82) is 0 Å². The van der Waals surface area contributed by atoms with E-state index in [1.165, 1.54) is 13.8 Å². The lowest BCUT2D eigenvalue weighted by molar-refractivity contribution is -0.321. The number of hydrogen-bond donors (Lipinski definition) is 0. The average molecular weight is 414 g/mol. The Balaban J connectivity index is 2.31. The van der Waals surface area contributed by atoms with E-state index in [4.69, 9.17) is 23.7 Å². The third kappa shape index (κ3) is 3.66. The number of halogens is 1.